The molecule has 1 heterocycles. The van der Waals surface area contributed by atoms with Crippen LogP contribution in [0.3, 0.4) is 0 Å². The van der Waals surface area contributed by atoms with Crippen LogP contribution in [-0.4, -0.2) is 27.1 Å². The fourth-order valence-electron chi connectivity index (χ4n) is 4.30. The van der Waals surface area contributed by atoms with E-state index in [1.165, 1.54) is 0 Å². The molecule has 25 heavy (non-hydrogen) atoms. The summed E-state index contributed by atoms with van der Waals surface area (Å²) < 4.78 is 0. The second kappa shape index (κ2) is 5.76. The summed E-state index contributed by atoms with van der Waals surface area (Å²) in [5.41, 5.74) is 3.17. The van der Waals surface area contributed by atoms with Gasteiger partial charge in [0, 0.05) is 11.8 Å². The normalized spacial score (nSPS) is 25.0. The Morgan fingerprint density at radius 2 is 2.08 bits per heavy atom. The number of aliphatic hydroxyl groups excluding tert-OH is 1. The monoisotopic (exact) mass is 341 g/mol. The van der Waals surface area contributed by atoms with Crippen molar-refractivity contribution in [2.24, 2.45) is 11.3 Å². The number of likely N-dealkylation sites (tertiary alicyclic amines) is 1. The average Bonchev–Trinajstić information content (AvgIpc) is 3.00. The third-order valence-electron chi connectivity index (χ3n) is 5.36. The van der Waals surface area contributed by atoms with Gasteiger partial charge in [0.1, 0.15) is 0 Å². The number of fused-ring (bicyclic) bond motifs is 3. The first-order valence-electron chi connectivity index (χ1n) is 8.37. The molecule has 2 amide bonds. The van der Waals surface area contributed by atoms with Gasteiger partial charge >= 0.3 is 6.09 Å². The maximum absolute atomic E-state index is 12.3. The number of rotatable bonds is 2. The minimum Gasteiger partial charge on any atom is -0.515 e. The molecule has 3 rings (SSSR count). The summed E-state index contributed by atoms with van der Waals surface area (Å²) in [4.78, 5) is 24.8. The first kappa shape index (κ1) is 17.3. The number of carbonyl (C=O) groups excluding carboxylic acids is 1. The molecule has 2 N–H and O–H groups in total. The molecule has 1 aliphatic heterocycles. The van der Waals surface area contributed by atoms with Crippen LogP contribution in [0.5, 0.6) is 0 Å². The Balaban J connectivity index is 2.16. The van der Waals surface area contributed by atoms with E-state index < -0.39 is 18.0 Å². The Morgan fingerprint density at radius 1 is 1.40 bits per heavy atom. The highest BCUT2D eigenvalue weighted by atomic mass is 16.4. The topological polar surface area (TPSA) is 77.8 Å². The second-order valence-corrected chi connectivity index (χ2v) is 7.79. The standard InChI is InChI=1S/C20H23NO4/c1-5-16(20(2,3)4)11-7-6-8-12-13(11)9-14-15(10-22)18(23)21(17(12)14)19(24)25/h5-8,10,14,16-17,22H,1,9H2,2-4H3,(H,24,25). The molecule has 1 aliphatic carbocycles. The van der Waals surface area contributed by atoms with Crippen LogP contribution in [0.25, 0.3) is 0 Å². The lowest BCUT2D eigenvalue weighted by atomic mass is 9.74. The summed E-state index contributed by atoms with van der Waals surface area (Å²) in [5.74, 6) is -0.857. The molecular formula is C20H23NO4. The van der Waals surface area contributed by atoms with Crippen molar-refractivity contribution in [3.63, 3.8) is 0 Å². The number of carbonyl (C=O) groups is 2. The van der Waals surface area contributed by atoms with Gasteiger partial charge in [-0.1, -0.05) is 45.0 Å². The number of hydrogen-bond acceptors (Lipinski definition) is 3. The number of carboxylic acid groups (broad SMARTS) is 1. The minimum absolute atomic E-state index is 0.0352. The Kier molecular flexibility index (Phi) is 3.98. The third-order valence-corrected chi connectivity index (χ3v) is 5.36. The van der Waals surface area contributed by atoms with Gasteiger partial charge in [-0.25, -0.2) is 9.69 Å². The summed E-state index contributed by atoms with van der Waals surface area (Å²) in [7, 11) is 0. The maximum Gasteiger partial charge on any atom is 0.414 e. The number of allylic oxidation sites excluding steroid dienone is 1. The van der Waals surface area contributed by atoms with Crippen LogP contribution in [0.15, 0.2) is 42.7 Å². The van der Waals surface area contributed by atoms with Crippen molar-refractivity contribution in [2.45, 2.75) is 39.2 Å². The van der Waals surface area contributed by atoms with Gasteiger partial charge in [0.05, 0.1) is 17.9 Å². The summed E-state index contributed by atoms with van der Waals surface area (Å²) in [6, 6.07) is 5.27. The van der Waals surface area contributed by atoms with Crippen molar-refractivity contribution in [3.8, 4) is 0 Å². The van der Waals surface area contributed by atoms with Gasteiger partial charge in [-0.05, 0) is 28.5 Å². The number of imide groups is 1. The van der Waals surface area contributed by atoms with E-state index in [9.17, 15) is 19.8 Å². The molecule has 0 radical (unpaired) electrons. The Labute approximate surface area is 147 Å². The molecule has 5 heteroatoms. The first-order chi connectivity index (χ1) is 11.7. The van der Waals surface area contributed by atoms with E-state index in [1.54, 1.807) is 0 Å². The van der Waals surface area contributed by atoms with Gasteiger partial charge in [-0.2, -0.15) is 0 Å². The zero-order valence-electron chi connectivity index (χ0n) is 14.7. The van der Waals surface area contributed by atoms with E-state index in [0.29, 0.717) is 6.42 Å². The highest BCUT2D eigenvalue weighted by molar-refractivity contribution is 6.05. The lowest BCUT2D eigenvalue weighted by Gasteiger charge is -2.30. The highest BCUT2D eigenvalue weighted by Gasteiger charge is 2.52. The zero-order chi connectivity index (χ0) is 18.5. The summed E-state index contributed by atoms with van der Waals surface area (Å²) in [5, 5.41) is 19.0. The molecule has 1 aromatic carbocycles. The summed E-state index contributed by atoms with van der Waals surface area (Å²) in [6.45, 7) is 10.4. The van der Waals surface area contributed by atoms with E-state index in [4.69, 9.17) is 0 Å². The number of hydrogen-bond donors (Lipinski definition) is 2. The fraction of sp³-hybridized carbons (Fsp3) is 0.400. The average molecular weight is 341 g/mol. The molecule has 132 valence electrons. The van der Waals surface area contributed by atoms with E-state index in [1.807, 2.05) is 24.3 Å². The van der Waals surface area contributed by atoms with E-state index in [0.717, 1.165) is 27.9 Å². The molecule has 2 aliphatic rings. The Morgan fingerprint density at radius 3 is 2.60 bits per heavy atom. The lowest BCUT2D eigenvalue weighted by molar-refractivity contribution is -0.124. The number of benzene rings is 1. The Bertz CT molecular complexity index is 787. The van der Waals surface area contributed by atoms with E-state index >= 15 is 0 Å². The largest absolute Gasteiger partial charge is 0.515 e. The molecule has 0 aromatic heterocycles. The molecular weight excluding hydrogens is 318 g/mol. The van der Waals surface area contributed by atoms with E-state index in [2.05, 4.69) is 27.4 Å². The first-order valence-corrected chi connectivity index (χ1v) is 8.37. The van der Waals surface area contributed by atoms with Crippen LogP contribution in [0.2, 0.25) is 0 Å². The summed E-state index contributed by atoms with van der Waals surface area (Å²) in [6.07, 6.45) is 1.94. The van der Waals surface area contributed by atoms with Crippen LogP contribution in [-0.2, 0) is 11.2 Å². The van der Waals surface area contributed by atoms with Crippen LogP contribution in [0, 0.1) is 11.3 Å². The van der Waals surface area contributed by atoms with Crippen molar-refractivity contribution in [2.75, 3.05) is 0 Å². The highest BCUT2D eigenvalue weighted by Crippen LogP contribution is 2.52. The molecule has 1 saturated heterocycles. The third kappa shape index (κ3) is 2.46. The predicted molar refractivity (Wildman–Crippen MR) is 94.4 cm³/mol. The van der Waals surface area contributed by atoms with Gasteiger partial charge in [-0.15, -0.1) is 6.58 Å². The van der Waals surface area contributed by atoms with Crippen molar-refractivity contribution in [3.05, 3.63) is 59.4 Å². The SMILES string of the molecule is C=CC(c1cccc2c1CC1C(=CO)C(=O)N(C(=O)O)C21)C(C)(C)C. The number of aliphatic hydroxyl groups is 1. The fourth-order valence-corrected chi connectivity index (χ4v) is 4.30. The van der Waals surface area contributed by atoms with Gasteiger partial charge < -0.3 is 10.2 Å². The van der Waals surface area contributed by atoms with Crippen LogP contribution >= 0.6 is 0 Å². The van der Waals surface area contributed by atoms with Crippen molar-refractivity contribution < 1.29 is 19.8 Å². The molecule has 0 saturated carbocycles. The second-order valence-electron chi connectivity index (χ2n) is 7.79. The van der Waals surface area contributed by atoms with Crippen molar-refractivity contribution in [1.82, 2.24) is 4.90 Å². The van der Waals surface area contributed by atoms with Crippen LogP contribution in [0.1, 0.15) is 49.4 Å². The maximum atomic E-state index is 12.3. The molecule has 3 atom stereocenters. The van der Waals surface area contributed by atoms with E-state index in [-0.39, 0.29) is 22.8 Å². The van der Waals surface area contributed by atoms with Gasteiger partial charge in [0.2, 0.25) is 0 Å². The Hall–Kier alpha value is -2.56. The summed E-state index contributed by atoms with van der Waals surface area (Å²) >= 11 is 0. The van der Waals surface area contributed by atoms with Crippen LogP contribution in [0.4, 0.5) is 4.79 Å². The molecule has 1 fully saturated rings. The van der Waals surface area contributed by atoms with Gasteiger partial charge in [0.15, 0.2) is 0 Å². The number of nitrogens with zero attached hydrogens (tertiary/aromatic N) is 1. The van der Waals surface area contributed by atoms with Crippen molar-refractivity contribution >= 4 is 12.0 Å². The van der Waals surface area contributed by atoms with Crippen LogP contribution < -0.4 is 0 Å². The molecule has 3 unspecified atom stereocenters. The van der Waals surface area contributed by atoms with Gasteiger partial charge in [-0.3, -0.25) is 4.79 Å². The predicted octanol–water partition coefficient (Wildman–Crippen LogP) is 4.18. The van der Waals surface area contributed by atoms with Crippen molar-refractivity contribution in [1.29, 1.82) is 0 Å². The lowest BCUT2D eigenvalue weighted by Crippen LogP contribution is -2.33. The zero-order valence-corrected chi connectivity index (χ0v) is 14.7. The number of amides is 2. The molecule has 0 spiro atoms. The minimum atomic E-state index is -1.29. The quantitative estimate of drug-likeness (QED) is 0.480. The molecule has 0 bridgehead atoms. The molecule has 5 nitrogen and oxygen atoms in total. The molecule has 1 aromatic rings. The smallest absolute Gasteiger partial charge is 0.414 e. The van der Waals surface area contributed by atoms with Gasteiger partial charge in [0.25, 0.3) is 5.91 Å².